The zero-order valence-electron chi connectivity index (χ0n) is 10.9. The van der Waals surface area contributed by atoms with Crippen molar-refractivity contribution in [3.05, 3.63) is 28.2 Å². The second-order valence-corrected chi connectivity index (χ2v) is 7.28. The molecule has 1 aromatic carbocycles. The average molecular weight is 353 g/mol. The van der Waals surface area contributed by atoms with Crippen LogP contribution in [0.4, 0.5) is 5.69 Å². The van der Waals surface area contributed by atoms with Crippen LogP contribution in [-0.2, 0) is 15.0 Å². The monoisotopic (exact) mass is 352 g/mol. The van der Waals surface area contributed by atoms with Crippen LogP contribution in [0, 0.1) is 5.92 Å². The molecule has 2 N–H and O–H groups in total. The van der Waals surface area contributed by atoms with E-state index in [-0.39, 0.29) is 23.8 Å². The third-order valence-electron chi connectivity index (χ3n) is 3.24. The first-order chi connectivity index (χ1) is 9.79. The molecule has 1 fully saturated rings. The van der Waals surface area contributed by atoms with E-state index >= 15 is 0 Å². The maximum atomic E-state index is 12.3. The minimum absolute atomic E-state index is 0.0527. The Bertz CT molecular complexity index is 651. The van der Waals surface area contributed by atoms with Crippen LogP contribution < -0.4 is 4.72 Å². The highest BCUT2D eigenvalue weighted by Gasteiger charge is 2.32. The topological polar surface area (TPSA) is 86.7 Å². The summed E-state index contributed by atoms with van der Waals surface area (Å²) in [4.78, 5) is 11.0. The van der Waals surface area contributed by atoms with Crippen molar-refractivity contribution in [3.63, 3.8) is 0 Å². The van der Waals surface area contributed by atoms with E-state index in [0.29, 0.717) is 17.9 Å². The Morgan fingerprint density at radius 2 is 2.10 bits per heavy atom. The Morgan fingerprint density at radius 3 is 2.76 bits per heavy atom. The number of hydrogen-bond donors (Lipinski definition) is 2. The first kappa shape index (κ1) is 16.4. The first-order valence-electron chi connectivity index (χ1n) is 6.25. The molecule has 1 aromatic rings. The molecule has 21 heavy (non-hydrogen) atoms. The van der Waals surface area contributed by atoms with Gasteiger partial charge >= 0.3 is 16.2 Å². The third-order valence-corrected chi connectivity index (χ3v) is 5.29. The van der Waals surface area contributed by atoms with E-state index in [0.717, 1.165) is 4.31 Å². The van der Waals surface area contributed by atoms with Crippen molar-refractivity contribution in [2.45, 2.75) is 12.8 Å². The van der Waals surface area contributed by atoms with E-state index in [4.69, 9.17) is 28.3 Å². The van der Waals surface area contributed by atoms with E-state index in [9.17, 15) is 13.2 Å². The predicted molar refractivity (Wildman–Crippen MR) is 80.9 cm³/mol. The number of carboxylic acids is 1. The van der Waals surface area contributed by atoms with E-state index in [1.807, 2.05) is 0 Å². The van der Waals surface area contributed by atoms with E-state index in [1.165, 1.54) is 12.1 Å². The molecule has 9 heteroatoms. The molecular formula is C12H14Cl2N2O4S. The Hall–Kier alpha value is -1.02. The number of halogens is 2. The number of piperidine rings is 1. The van der Waals surface area contributed by atoms with Gasteiger partial charge in [0.25, 0.3) is 0 Å². The van der Waals surface area contributed by atoms with Gasteiger partial charge in [0.15, 0.2) is 0 Å². The summed E-state index contributed by atoms with van der Waals surface area (Å²) in [6.45, 7) is 0.222. The molecule has 0 spiro atoms. The van der Waals surface area contributed by atoms with Gasteiger partial charge in [0, 0.05) is 18.1 Å². The summed E-state index contributed by atoms with van der Waals surface area (Å²) < 4.78 is 28.1. The molecule has 0 saturated carbocycles. The zero-order valence-corrected chi connectivity index (χ0v) is 13.2. The third kappa shape index (κ3) is 4.00. The number of aliphatic carboxylic acids is 1. The van der Waals surface area contributed by atoms with E-state index in [1.54, 1.807) is 6.07 Å². The number of benzene rings is 1. The molecule has 1 heterocycles. The van der Waals surface area contributed by atoms with Gasteiger partial charge in [-0.2, -0.15) is 12.7 Å². The van der Waals surface area contributed by atoms with Crippen LogP contribution in [0.5, 0.6) is 0 Å². The van der Waals surface area contributed by atoms with Crippen LogP contribution in [0.15, 0.2) is 18.2 Å². The second-order valence-electron chi connectivity index (χ2n) is 4.77. The van der Waals surface area contributed by atoms with Gasteiger partial charge in [-0.3, -0.25) is 9.52 Å². The van der Waals surface area contributed by atoms with Crippen LogP contribution in [-0.4, -0.2) is 36.9 Å². The molecule has 0 aliphatic carbocycles. The lowest BCUT2D eigenvalue weighted by atomic mass is 10.0. The van der Waals surface area contributed by atoms with Crippen molar-refractivity contribution in [2.75, 3.05) is 17.8 Å². The highest BCUT2D eigenvalue weighted by atomic mass is 35.5. The fourth-order valence-corrected chi connectivity index (χ4v) is 3.86. The fourth-order valence-electron chi connectivity index (χ4n) is 2.14. The van der Waals surface area contributed by atoms with Crippen LogP contribution >= 0.6 is 23.2 Å². The van der Waals surface area contributed by atoms with Crippen molar-refractivity contribution in [2.24, 2.45) is 5.92 Å². The molecule has 116 valence electrons. The quantitative estimate of drug-likeness (QED) is 0.871. The van der Waals surface area contributed by atoms with Crippen molar-refractivity contribution in [1.82, 2.24) is 4.31 Å². The summed E-state index contributed by atoms with van der Waals surface area (Å²) in [6, 6.07) is 4.43. The maximum absolute atomic E-state index is 12.3. The molecule has 0 bridgehead atoms. The van der Waals surface area contributed by atoms with Crippen molar-refractivity contribution in [1.29, 1.82) is 0 Å². The summed E-state index contributed by atoms with van der Waals surface area (Å²) in [7, 11) is -3.87. The summed E-state index contributed by atoms with van der Waals surface area (Å²) in [5, 5.41) is 9.58. The maximum Gasteiger partial charge on any atom is 0.307 e. The van der Waals surface area contributed by atoms with Crippen molar-refractivity contribution < 1.29 is 18.3 Å². The summed E-state index contributed by atoms with van der Waals surface area (Å²) in [5.74, 6) is -1.68. The average Bonchev–Trinajstić information content (AvgIpc) is 2.43. The molecule has 1 saturated heterocycles. The first-order valence-corrected chi connectivity index (χ1v) is 8.45. The van der Waals surface area contributed by atoms with Crippen LogP contribution in [0.2, 0.25) is 10.0 Å². The molecular weight excluding hydrogens is 339 g/mol. The Labute approximate surface area is 132 Å². The zero-order chi connectivity index (χ0) is 15.6. The number of nitrogens with zero attached hydrogens (tertiary/aromatic N) is 1. The van der Waals surface area contributed by atoms with Crippen LogP contribution in [0.1, 0.15) is 12.8 Å². The van der Waals surface area contributed by atoms with Crippen molar-refractivity contribution in [3.8, 4) is 0 Å². The van der Waals surface area contributed by atoms with E-state index in [2.05, 4.69) is 4.72 Å². The van der Waals surface area contributed by atoms with Crippen LogP contribution in [0.25, 0.3) is 0 Å². The molecule has 1 aliphatic heterocycles. The van der Waals surface area contributed by atoms with Gasteiger partial charge in [-0.25, -0.2) is 0 Å². The lowest BCUT2D eigenvalue weighted by Crippen LogP contribution is -2.44. The number of carbonyl (C=O) groups is 1. The highest BCUT2D eigenvalue weighted by molar-refractivity contribution is 7.90. The minimum atomic E-state index is -3.87. The summed E-state index contributed by atoms with van der Waals surface area (Å²) >= 11 is 11.7. The second kappa shape index (κ2) is 6.39. The predicted octanol–water partition coefficient (Wildman–Crippen LogP) is 2.45. The van der Waals surface area contributed by atoms with Gasteiger partial charge in [-0.15, -0.1) is 0 Å². The van der Waals surface area contributed by atoms with E-state index < -0.39 is 22.1 Å². The van der Waals surface area contributed by atoms with Gasteiger partial charge in [0.2, 0.25) is 0 Å². The van der Waals surface area contributed by atoms with Crippen molar-refractivity contribution >= 4 is 45.1 Å². The number of carboxylic acid groups (broad SMARTS) is 1. The lowest BCUT2D eigenvalue weighted by molar-refractivity contribution is -0.142. The van der Waals surface area contributed by atoms with Gasteiger partial charge in [-0.1, -0.05) is 23.2 Å². The smallest absolute Gasteiger partial charge is 0.307 e. The highest BCUT2D eigenvalue weighted by Crippen LogP contribution is 2.28. The normalized spacial score (nSPS) is 20.2. The van der Waals surface area contributed by atoms with Gasteiger partial charge in [-0.05, 0) is 31.0 Å². The standard InChI is InChI=1S/C12H14Cl2N2O4S/c13-9-3-4-10(14)11(6-9)15-21(19,20)16-5-1-2-8(7-16)12(17)18/h3-4,6,8,15H,1-2,5,7H2,(H,17,18). The molecule has 0 radical (unpaired) electrons. The molecule has 0 aromatic heterocycles. The molecule has 1 aliphatic rings. The number of hydrogen-bond acceptors (Lipinski definition) is 3. The molecule has 6 nitrogen and oxygen atoms in total. The minimum Gasteiger partial charge on any atom is -0.481 e. The van der Waals surface area contributed by atoms with Gasteiger partial charge in [0.1, 0.15) is 0 Å². The molecule has 1 atom stereocenters. The SMILES string of the molecule is O=C(O)C1CCCN(S(=O)(=O)Nc2cc(Cl)ccc2Cl)C1. The number of nitrogens with one attached hydrogen (secondary N) is 1. The molecule has 2 rings (SSSR count). The molecule has 0 amide bonds. The largest absolute Gasteiger partial charge is 0.481 e. The fraction of sp³-hybridized carbons (Fsp3) is 0.417. The Balaban J connectivity index is 2.18. The Morgan fingerprint density at radius 1 is 1.38 bits per heavy atom. The van der Waals surface area contributed by atoms with Gasteiger partial charge in [0.05, 0.1) is 16.6 Å². The number of anilines is 1. The molecule has 1 unspecified atom stereocenters. The lowest BCUT2D eigenvalue weighted by Gasteiger charge is -2.30. The number of rotatable bonds is 4. The van der Waals surface area contributed by atoms with Gasteiger partial charge < -0.3 is 5.11 Å². The van der Waals surface area contributed by atoms with Crippen LogP contribution in [0.3, 0.4) is 0 Å². The Kier molecular flexibility index (Phi) is 4.98. The summed E-state index contributed by atoms with van der Waals surface area (Å²) in [6.07, 6.45) is 0.973. The summed E-state index contributed by atoms with van der Waals surface area (Å²) in [5.41, 5.74) is 0.168.